The van der Waals surface area contributed by atoms with Crippen LogP contribution in [0.1, 0.15) is 32.3 Å². The molecule has 5 heteroatoms. The fourth-order valence-electron chi connectivity index (χ4n) is 2.68. The third-order valence-electron chi connectivity index (χ3n) is 3.99. The summed E-state index contributed by atoms with van der Waals surface area (Å²) in [7, 11) is 0. The lowest BCUT2D eigenvalue weighted by Gasteiger charge is -2.41. The van der Waals surface area contributed by atoms with Crippen LogP contribution in [-0.2, 0) is 9.59 Å². The molecule has 2 rings (SSSR count). The van der Waals surface area contributed by atoms with Crippen LogP contribution < -0.4 is 10.2 Å². The molecule has 0 aliphatic carbocycles. The first kappa shape index (κ1) is 15.0. The predicted molar refractivity (Wildman–Crippen MR) is 82.7 cm³/mol. The number of amides is 2. The van der Waals surface area contributed by atoms with Crippen LogP contribution in [0.3, 0.4) is 0 Å². The first-order chi connectivity index (χ1) is 9.43. The van der Waals surface area contributed by atoms with Crippen LogP contribution in [0.25, 0.3) is 0 Å². The summed E-state index contributed by atoms with van der Waals surface area (Å²) < 4.78 is 0.963. The highest BCUT2D eigenvalue weighted by Gasteiger charge is 2.44. The smallest absolute Gasteiger partial charge is 0.253 e. The number of benzene rings is 1. The molecule has 0 unspecified atom stereocenters. The summed E-state index contributed by atoms with van der Waals surface area (Å²) in [6.07, 6.45) is 1.19. The minimum absolute atomic E-state index is 0.0208. The molecule has 1 aromatic rings. The van der Waals surface area contributed by atoms with E-state index in [1.54, 1.807) is 4.90 Å². The molecule has 1 fully saturated rings. The molecule has 2 amide bonds. The van der Waals surface area contributed by atoms with E-state index in [-0.39, 0.29) is 18.4 Å². The van der Waals surface area contributed by atoms with E-state index in [1.807, 2.05) is 39.0 Å². The lowest BCUT2D eigenvalue weighted by molar-refractivity contribution is -0.136. The van der Waals surface area contributed by atoms with Crippen molar-refractivity contribution in [1.29, 1.82) is 0 Å². The van der Waals surface area contributed by atoms with E-state index in [2.05, 4.69) is 21.2 Å². The van der Waals surface area contributed by atoms with Gasteiger partial charge in [-0.15, -0.1) is 0 Å². The summed E-state index contributed by atoms with van der Waals surface area (Å²) in [5.74, 6) is -0.122. The summed E-state index contributed by atoms with van der Waals surface area (Å²) >= 11 is 3.41. The van der Waals surface area contributed by atoms with Gasteiger partial charge in [-0.25, -0.2) is 0 Å². The topological polar surface area (TPSA) is 49.4 Å². The lowest BCUT2D eigenvalue weighted by Crippen LogP contribution is -2.66. The fourth-order valence-corrected chi connectivity index (χ4v) is 3.15. The molecule has 0 aromatic heterocycles. The monoisotopic (exact) mass is 338 g/mol. The highest BCUT2D eigenvalue weighted by molar-refractivity contribution is 9.10. The van der Waals surface area contributed by atoms with Gasteiger partial charge in [-0.1, -0.05) is 29.8 Å². The van der Waals surface area contributed by atoms with E-state index in [0.717, 1.165) is 15.7 Å². The first-order valence-electron chi connectivity index (χ1n) is 6.82. The van der Waals surface area contributed by atoms with E-state index in [1.165, 1.54) is 0 Å². The summed E-state index contributed by atoms with van der Waals surface area (Å²) in [6, 6.07) is 5.72. The molecule has 1 aliphatic heterocycles. The highest BCUT2D eigenvalue weighted by atomic mass is 79.9. The van der Waals surface area contributed by atoms with Gasteiger partial charge in [0.2, 0.25) is 5.91 Å². The molecule has 1 heterocycles. The van der Waals surface area contributed by atoms with Crippen molar-refractivity contribution in [3.63, 3.8) is 0 Å². The zero-order valence-corrected chi connectivity index (χ0v) is 13.6. The minimum Gasteiger partial charge on any atom is -0.340 e. The Labute approximate surface area is 127 Å². The van der Waals surface area contributed by atoms with Crippen molar-refractivity contribution < 1.29 is 9.59 Å². The summed E-state index contributed by atoms with van der Waals surface area (Å²) in [5.41, 5.74) is 1.01. The van der Waals surface area contributed by atoms with Gasteiger partial charge in [0.15, 0.2) is 0 Å². The third kappa shape index (κ3) is 2.46. The number of hydrogen-bond donors (Lipinski definition) is 1. The minimum atomic E-state index is -0.769. The Morgan fingerprint density at radius 3 is 2.50 bits per heavy atom. The van der Waals surface area contributed by atoms with Crippen LogP contribution in [-0.4, -0.2) is 23.9 Å². The molecule has 1 aliphatic rings. The molecule has 20 heavy (non-hydrogen) atoms. The molecule has 1 saturated heterocycles. The third-order valence-corrected chi connectivity index (χ3v) is 4.48. The summed E-state index contributed by atoms with van der Waals surface area (Å²) in [6.45, 7) is 5.89. The van der Waals surface area contributed by atoms with Gasteiger partial charge >= 0.3 is 0 Å². The summed E-state index contributed by atoms with van der Waals surface area (Å²) in [4.78, 5) is 26.4. The van der Waals surface area contributed by atoms with Crippen molar-refractivity contribution in [2.75, 3.05) is 11.4 Å². The Morgan fingerprint density at radius 1 is 1.30 bits per heavy atom. The quantitative estimate of drug-likeness (QED) is 0.921. The Balaban J connectivity index is 2.45. The predicted octanol–water partition coefficient (Wildman–Crippen LogP) is 2.78. The molecule has 1 aromatic carbocycles. The van der Waals surface area contributed by atoms with Gasteiger partial charge in [0.25, 0.3) is 5.91 Å². The van der Waals surface area contributed by atoms with Gasteiger partial charge in [-0.05, 0) is 43.5 Å². The number of halogens is 1. The fraction of sp³-hybridized carbons (Fsp3) is 0.467. The lowest BCUT2D eigenvalue weighted by atomic mass is 9.88. The number of rotatable bonds is 3. The molecule has 0 spiro atoms. The van der Waals surface area contributed by atoms with Crippen molar-refractivity contribution in [3.05, 3.63) is 28.2 Å². The molecule has 0 saturated carbocycles. The molecule has 4 nitrogen and oxygen atoms in total. The zero-order chi connectivity index (χ0) is 14.9. The van der Waals surface area contributed by atoms with Crippen molar-refractivity contribution in [1.82, 2.24) is 5.32 Å². The van der Waals surface area contributed by atoms with Gasteiger partial charge < -0.3 is 10.2 Å². The van der Waals surface area contributed by atoms with Crippen molar-refractivity contribution in [2.45, 2.75) is 39.2 Å². The Morgan fingerprint density at radius 2 is 1.95 bits per heavy atom. The Kier molecular flexibility index (Phi) is 4.18. The van der Waals surface area contributed by atoms with Crippen LogP contribution in [0, 0.1) is 6.92 Å². The average Bonchev–Trinajstić information content (AvgIpc) is 2.41. The number of carbonyl (C=O) groups excluding carboxylic acids is 2. The highest BCUT2D eigenvalue weighted by Crippen LogP contribution is 2.30. The zero-order valence-electron chi connectivity index (χ0n) is 12.0. The van der Waals surface area contributed by atoms with Gasteiger partial charge in [-0.3, -0.25) is 9.59 Å². The Hall–Kier alpha value is -1.36. The number of piperazine rings is 1. The standard InChI is InChI=1S/C15H19BrN2O2/c1-4-15(5-2)14(20)18(9-13(19)17-15)12-7-6-11(16)8-10(12)3/h6-8H,4-5,9H2,1-3H3,(H,17,19). The molecular formula is C15H19BrN2O2. The number of hydrogen-bond acceptors (Lipinski definition) is 2. The van der Waals surface area contributed by atoms with Gasteiger partial charge in [-0.2, -0.15) is 0 Å². The molecule has 0 atom stereocenters. The van der Waals surface area contributed by atoms with Crippen LogP contribution in [0.2, 0.25) is 0 Å². The number of aryl methyl sites for hydroxylation is 1. The molecule has 0 radical (unpaired) electrons. The van der Waals surface area contributed by atoms with E-state index < -0.39 is 5.54 Å². The second kappa shape index (κ2) is 5.56. The normalized spacial score (nSPS) is 18.1. The molecular weight excluding hydrogens is 320 g/mol. The van der Waals surface area contributed by atoms with E-state index in [0.29, 0.717) is 12.8 Å². The SMILES string of the molecule is CCC1(CC)NC(=O)CN(c2ccc(Br)cc2C)C1=O. The second-order valence-corrected chi connectivity index (χ2v) is 6.08. The van der Waals surface area contributed by atoms with Crippen LogP contribution >= 0.6 is 15.9 Å². The average molecular weight is 339 g/mol. The molecule has 1 N–H and O–H groups in total. The molecule has 0 bridgehead atoms. The number of anilines is 1. The van der Waals surface area contributed by atoms with Crippen molar-refractivity contribution in [2.24, 2.45) is 0 Å². The van der Waals surface area contributed by atoms with E-state index in [9.17, 15) is 9.59 Å². The van der Waals surface area contributed by atoms with Gasteiger partial charge in [0, 0.05) is 10.2 Å². The summed E-state index contributed by atoms with van der Waals surface area (Å²) in [5, 5.41) is 2.87. The second-order valence-electron chi connectivity index (χ2n) is 5.16. The van der Waals surface area contributed by atoms with Crippen LogP contribution in [0.4, 0.5) is 5.69 Å². The number of nitrogens with zero attached hydrogens (tertiary/aromatic N) is 1. The van der Waals surface area contributed by atoms with E-state index >= 15 is 0 Å². The van der Waals surface area contributed by atoms with Crippen molar-refractivity contribution >= 4 is 33.4 Å². The largest absolute Gasteiger partial charge is 0.340 e. The maximum Gasteiger partial charge on any atom is 0.253 e. The first-order valence-corrected chi connectivity index (χ1v) is 7.62. The number of nitrogens with one attached hydrogen (secondary N) is 1. The Bertz CT molecular complexity index is 553. The van der Waals surface area contributed by atoms with Gasteiger partial charge in [0.05, 0.1) is 0 Å². The van der Waals surface area contributed by atoms with Crippen LogP contribution in [0.15, 0.2) is 22.7 Å². The maximum absolute atomic E-state index is 12.8. The number of carbonyl (C=O) groups is 2. The molecule has 108 valence electrons. The van der Waals surface area contributed by atoms with Crippen molar-refractivity contribution in [3.8, 4) is 0 Å². The van der Waals surface area contributed by atoms with Gasteiger partial charge in [0.1, 0.15) is 12.1 Å². The maximum atomic E-state index is 12.8. The van der Waals surface area contributed by atoms with E-state index in [4.69, 9.17) is 0 Å². The van der Waals surface area contributed by atoms with Crippen LogP contribution in [0.5, 0.6) is 0 Å².